The van der Waals surface area contributed by atoms with Crippen molar-refractivity contribution in [2.75, 3.05) is 65.4 Å². The highest BCUT2D eigenvalue weighted by Crippen LogP contribution is 2.16. The van der Waals surface area contributed by atoms with E-state index in [0.717, 1.165) is 63.4 Å². The maximum Gasteiger partial charge on any atom is 0.253 e. The minimum absolute atomic E-state index is 0.146. The summed E-state index contributed by atoms with van der Waals surface area (Å²) in [5.41, 5.74) is 1.84. The zero-order valence-corrected chi connectivity index (χ0v) is 14.6. The monoisotopic (exact) mass is 319 g/mol. The van der Waals surface area contributed by atoms with Crippen molar-refractivity contribution >= 4 is 11.6 Å². The summed E-state index contributed by atoms with van der Waals surface area (Å²) in [5.74, 6) is 0.146. The number of nitrogens with zero attached hydrogens (tertiary/aromatic N) is 3. The zero-order chi connectivity index (χ0) is 16.7. The van der Waals surface area contributed by atoms with Crippen molar-refractivity contribution in [2.24, 2.45) is 0 Å². The highest BCUT2D eigenvalue weighted by atomic mass is 16.5. The Morgan fingerprint density at radius 3 is 2.78 bits per heavy atom. The summed E-state index contributed by atoms with van der Waals surface area (Å²) in [6.45, 7) is 5.50. The molecule has 1 amide bonds. The number of hydrogen-bond acceptors (Lipinski definition) is 4. The molecule has 0 bridgehead atoms. The molecule has 128 valence electrons. The fourth-order valence-corrected chi connectivity index (χ4v) is 2.93. The van der Waals surface area contributed by atoms with Crippen molar-refractivity contribution < 1.29 is 9.53 Å². The summed E-state index contributed by atoms with van der Waals surface area (Å²) in [6.07, 6.45) is 2.08. The molecule has 0 aromatic heterocycles. The molecule has 0 unspecified atom stereocenters. The lowest BCUT2D eigenvalue weighted by Crippen LogP contribution is -2.35. The quantitative estimate of drug-likeness (QED) is 0.751. The second-order valence-corrected chi connectivity index (χ2v) is 6.28. The number of amides is 1. The van der Waals surface area contributed by atoms with Gasteiger partial charge in [0.15, 0.2) is 0 Å². The SMILES string of the molecule is COCCCN1CCCN(C(=O)c2cccc(N(C)C)c2)CC1. The van der Waals surface area contributed by atoms with Crippen LogP contribution in [0, 0.1) is 0 Å². The number of rotatable bonds is 6. The Morgan fingerprint density at radius 2 is 2.04 bits per heavy atom. The number of carbonyl (C=O) groups excluding carboxylic acids is 1. The summed E-state index contributed by atoms with van der Waals surface area (Å²) >= 11 is 0. The Morgan fingerprint density at radius 1 is 1.22 bits per heavy atom. The molecule has 5 nitrogen and oxygen atoms in total. The summed E-state index contributed by atoms with van der Waals surface area (Å²) in [6, 6.07) is 7.87. The van der Waals surface area contributed by atoms with E-state index in [9.17, 15) is 4.79 Å². The van der Waals surface area contributed by atoms with Gasteiger partial charge in [0, 0.05) is 65.2 Å². The molecule has 0 radical (unpaired) electrons. The molecule has 1 aromatic carbocycles. The van der Waals surface area contributed by atoms with E-state index in [-0.39, 0.29) is 5.91 Å². The number of benzene rings is 1. The summed E-state index contributed by atoms with van der Waals surface area (Å²) in [5, 5.41) is 0. The maximum atomic E-state index is 12.8. The first-order chi connectivity index (χ1) is 11.1. The number of methoxy groups -OCH3 is 1. The zero-order valence-electron chi connectivity index (χ0n) is 14.6. The van der Waals surface area contributed by atoms with E-state index in [4.69, 9.17) is 4.74 Å². The molecular weight excluding hydrogens is 290 g/mol. The van der Waals surface area contributed by atoms with Crippen LogP contribution in [0.5, 0.6) is 0 Å². The first-order valence-electron chi connectivity index (χ1n) is 8.40. The minimum Gasteiger partial charge on any atom is -0.385 e. The Balaban J connectivity index is 1.94. The van der Waals surface area contributed by atoms with Crippen LogP contribution >= 0.6 is 0 Å². The van der Waals surface area contributed by atoms with E-state index in [0.29, 0.717) is 0 Å². The highest BCUT2D eigenvalue weighted by molar-refractivity contribution is 5.95. The van der Waals surface area contributed by atoms with Gasteiger partial charge in [-0.3, -0.25) is 4.79 Å². The lowest BCUT2D eigenvalue weighted by molar-refractivity contribution is 0.0760. The van der Waals surface area contributed by atoms with Crippen molar-refractivity contribution in [3.05, 3.63) is 29.8 Å². The molecular formula is C18H29N3O2. The van der Waals surface area contributed by atoms with Crippen molar-refractivity contribution in [1.82, 2.24) is 9.80 Å². The van der Waals surface area contributed by atoms with Gasteiger partial charge in [0.1, 0.15) is 0 Å². The Labute approximate surface area is 139 Å². The molecule has 0 saturated carbocycles. The van der Waals surface area contributed by atoms with Crippen molar-refractivity contribution in [3.63, 3.8) is 0 Å². The second-order valence-electron chi connectivity index (χ2n) is 6.28. The molecule has 0 N–H and O–H groups in total. The molecule has 1 heterocycles. The first-order valence-corrected chi connectivity index (χ1v) is 8.40. The largest absolute Gasteiger partial charge is 0.385 e. The predicted molar refractivity (Wildman–Crippen MR) is 94.2 cm³/mol. The van der Waals surface area contributed by atoms with Crippen LogP contribution in [0.2, 0.25) is 0 Å². The van der Waals surface area contributed by atoms with Crippen LogP contribution < -0.4 is 4.90 Å². The fraction of sp³-hybridized carbons (Fsp3) is 0.611. The van der Waals surface area contributed by atoms with E-state index in [1.807, 2.05) is 48.2 Å². The molecule has 1 aromatic rings. The average molecular weight is 319 g/mol. The van der Waals surface area contributed by atoms with Gasteiger partial charge in [-0.25, -0.2) is 0 Å². The van der Waals surface area contributed by atoms with Crippen LogP contribution in [0.1, 0.15) is 23.2 Å². The van der Waals surface area contributed by atoms with Crippen LogP contribution in [-0.4, -0.2) is 76.2 Å². The maximum absolute atomic E-state index is 12.8. The van der Waals surface area contributed by atoms with Gasteiger partial charge in [-0.2, -0.15) is 0 Å². The Kier molecular flexibility index (Phi) is 6.86. The van der Waals surface area contributed by atoms with Crippen molar-refractivity contribution in [2.45, 2.75) is 12.8 Å². The van der Waals surface area contributed by atoms with Crippen LogP contribution in [-0.2, 0) is 4.74 Å². The van der Waals surface area contributed by atoms with Crippen LogP contribution in [0.25, 0.3) is 0 Å². The molecule has 1 fully saturated rings. The number of ether oxygens (including phenoxy) is 1. The van der Waals surface area contributed by atoms with Gasteiger partial charge < -0.3 is 19.4 Å². The summed E-state index contributed by atoms with van der Waals surface area (Å²) in [7, 11) is 5.73. The van der Waals surface area contributed by atoms with Gasteiger partial charge in [-0.15, -0.1) is 0 Å². The smallest absolute Gasteiger partial charge is 0.253 e. The standard InChI is InChI=1S/C18H29N3O2/c1-19(2)17-8-4-7-16(15-17)18(22)21-11-5-9-20(12-13-21)10-6-14-23-3/h4,7-8,15H,5-6,9-14H2,1-3H3. The second kappa shape index (κ2) is 8.89. The number of anilines is 1. The van der Waals surface area contributed by atoms with Crippen LogP contribution in [0.4, 0.5) is 5.69 Å². The molecule has 0 spiro atoms. The molecule has 0 atom stereocenters. The fourth-order valence-electron chi connectivity index (χ4n) is 2.93. The van der Waals surface area contributed by atoms with Crippen molar-refractivity contribution in [1.29, 1.82) is 0 Å². The predicted octanol–water partition coefficient (Wildman–Crippen LogP) is 1.94. The molecule has 1 aliphatic rings. The van der Waals surface area contributed by atoms with Gasteiger partial charge in [-0.1, -0.05) is 6.07 Å². The molecule has 1 saturated heterocycles. The van der Waals surface area contributed by atoms with E-state index in [2.05, 4.69) is 4.90 Å². The van der Waals surface area contributed by atoms with Gasteiger partial charge in [0.25, 0.3) is 5.91 Å². The highest BCUT2D eigenvalue weighted by Gasteiger charge is 2.20. The molecule has 23 heavy (non-hydrogen) atoms. The number of hydrogen-bond donors (Lipinski definition) is 0. The molecule has 5 heteroatoms. The van der Waals surface area contributed by atoms with Crippen molar-refractivity contribution in [3.8, 4) is 0 Å². The van der Waals surface area contributed by atoms with E-state index >= 15 is 0 Å². The lowest BCUT2D eigenvalue weighted by atomic mass is 10.1. The molecule has 1 aliphatic heterocycles. The summed E-state index contributed by atoms with van der Waals surface area (Å²) in [4.78, 5) is 19.2. The average Bonchev–Trinajstić information content (AvgIpc) is 2.80. The topological polar surface area (TPSA) is 36.0 Å². The number of carbonyl (C=O) groups is 1. The molecule has 2 rings (SSSR count). The third kappa shape index (κ3) is 5.22. The van der Waals surface area contributed by atoms with Crippen LogP contribution in [0.15, 0.2) is 24.3 Å². The molecule has 0 aliphatic carbocycles. The minimum atomic E-state index is 0.146. The Bertz CT molecular complexity index is 505. The Hall–Kier alpha value is -1.59. The third-order valence-corrected chi connectivity index (χ3v) is 4.31. The van der Waals surface area contributed by atoms with Gasteiger partial charge in [-0.05, 0) is 37.6 Å². The van der Waals surface area contributed by atoms with E-state index in [1.54, 1.807) is 7.11 Å². The van der Waals surface area contributed by atoms with E-state index < -0.39 is 0 Å². The lowest BCUT2D eigenvalue weighted by Gasteiger charge is -2.22. The first kappa shape index (κ1) is 17.8. The van der Waals surface area contributed by atoms with Gasteiger partial charge >= 0.3 is 0 Å². The third-order valence-electron chi connectivity index (χ3n) is 4.31. The van der Waals surface area contributed by atoms with Gasteiger partial charge in [0.05, 0.1) is 0 Å². The summed E-state index contributed by atoms with van der Waals surface area (Å²) < 4.78 is 5.12. The van der Waals surface area contributed by atoms with E-state index in [1.165, 1.54) is 0 Å². The normalized spacial score (nSPS) is 16.2. The van der Waals surface area contributed by atoms with Gasteiger partial charge in [0.2, 0.25) is 0 Å². The van der Waals surface area contributed by atoms with Crippen LogP contribution in [0.3, 0.4) is 0 Å².